The van der Waals surface area contributed by atoms with Crippen molar-refractivity contribution in [2.45, 2.75) is 19.6 Å². The SMILES string of the molecule is C#CCOCC(O)CN1CCN(Cc2nc(C(=O)Nc3cccc(C)c3)co2)CC1. The average Bonchev–Trinajstić information content (AvgIpc) is 3.18. The Morgan fingerprint density at radius 3 is 2.87 bits per heavy atom. The lowest BCUT2D eigenvalue weighted by atomic mass is 10.2. The highest BCUT2D eigenvalue weighted by Crippen LogP contribution is 2.13. The van der Waals surface area contributed by atoms with Crippen molar-refractivity contribution in [1.82, 2.24) is 14.8 Å². The van der Waals surface area contributed by atoms with Gasteiger partial charge in [-0.05, 0) is 24.6 Å². The molecule has 1 aliphatic rings. The van der Waals surface area contributed by atoms with Gasteiger partial charge in [-0.2, -0.15) is 0 Å². The van der Waals surface area contributed by atoms with Crippen LogP contribution in [-0.4, -0.2) is 77.8 Å². The maximum atomic E-state index is 12.4. The number of ether oxygens (including phenoxy) is 1. The molecule has 1 aromatic carbocycles. The summed E-state index contributed by atoms with van der Waals surface area (Å²) in [5.41, 5.74) is 2.06. The first-order chi connectivity index (χ1) is 14.5. The highest BCUT2D eigenvalue weighted by Gasteiger charge is 2.21. The summed E-state index contributed by atoms with van der Waals surface area (Å²) >= 11 is 0. The van der Waals surface area contributed by atoms with E-state index in [0.29, 0.717) is 19.0 Å². The summed E-state index contributed by atoms with van der Waals surface area (Å²) < 4.78 is 10.7. The molecule has 1 aliphatic heterocycles. The number of hydrogen-bond acceptors (Lipinski definition) is 7. The molecule has 1 saturated heterocycles. The van der Waals surface area contributed by atoms with E-state index in [-0.39, 0.29) is 24.8 Å². The number of rotatable bonds is 9. The number of anilines is 1. The summed E-state index contributed by atoms with van der Waals surface area (Å²) in [5, 5.41) is 12.8. The van der Waals surface area contributed by atoms with E-state index in [4.69, 9.17) is 15.6 Å². The van der Waals surface area contributed by atoms with Gasteiger partial charge in [-0.15, -0.1) is 6.42 Å². The first-order valence-electron chi connectivity index (χ1n) is 10.00. The van der Waals surface area contributed by atoms with Crippen LogP contribution in [0.2, 0.25) is 0 Å². The Bertz CT molecular complexity index is 868. The summed E-state index contributed by atoms with van der Waals surface area (Å²) in [6, 6.07) is 7.60. The second-order valence-corrected chi connectivity index (χ2v) is 7.40. The number of aliphatic hydroxyl groups is 1. The van der Waals surface area contributed by atoms with E-state index in [1.165, 1.54) is 6.26 Å². The predicted molar refractivity (Wildman–Crippen MR) is 113 cm³/mol. The number of aliphatic hydroxyl groups excluding tert-OH is 1. The molecule has 2 aromatic rings. The van der Waals surface area contributed by atoms with Crippen molar-refractivity contribution in [3.05, 3.63) is 47.7 Å². The molecule has 8 nitrogen and oxygen atoms in total. The van der Waals surface area contributed by atoms with Crippen molar-refractivity contribution in [2.75, 3.05) is 51.3 Å². The van der Waals surface area contributed by atoms with Crippen molar-refractivity contribution >= 4 is 11.6 Å². The van der Waals surface area contributed by atoms with Crippen LogP contribution < -0.4 is 5.32 Å². The molecule has 0 radical (unpaired) electrons. The third-order valence-electron chi connectivity index (χ3n) is 4.85. The molecular weight excluding hydrogens is 384 g/mol. The Morgan fingerprint density at radius 1 is 1.37 bits per heavy atom. The number of benzene rings is 1. The zero-order chi connectivity index (χ0) is 21.3. The fourth-order valence-electron chi connectivity index (χ4n) is 3.33. The third-order valence-corrected chi connectivity index (χ3v) is 4.85. The molecule has 160 valence electrons. The van der Waals surface area contributed by atoms with Gasteiger partial charge in [0.05, 0.1) is 19.3 Å². The van der Waals surface area contributed by atoms with E-state index >= 15 is 0 Å². The van der Waals surface area contributed by atoms with Crippen LogP contribution in [0.3, 0.4) is 0 Å². The third kappa shape index (κ3) is 6.68. The number of hydrogen-bond donors (Lipinski definition) is 2. The lowest BCUT2D eigenvalue weighted by Crippen LogP contribution is -2.48. The number of aryl methyl sites for hydroxylation is 1. The zero-order valence-corrected chi connectivity index (χ0v) is 17.2. The number of piperazine rings is 1. The molecule has 1 unspecified atom stereocenters. The Morgan fingerprint density at radius 2 is 2.13 bits per heavy atom. The normalized spacial score (nSPS) is 16.2. The number of carbonyl (C=O) groups is 1. The standard InChI is InChI=1S/C22H28N4O4/c1-3-11-29-15-19(27)13-25-7-9-26(10-8-25)14-21-24-20(16-30-21)22(28)23-18-6-4-5-17(2)12-18/h1,4-6,12,16,19,27H,7-11,13-15H2,2H3,(H,23,28). The lowest BCUT2D eigenvalue weighted by molar-refractivity contribution is 0.0146. The minimum absolute atomic E-state index is 0.214. The van der Waals surface area contributed by atoms with Gasteiger partial charge in [0.2, 0.25) is 5.89 Å². The number of β-amino-alcohol motifs (C(OH)–C–C–N with tert-alkyl or cyclic N) is 1. The molecule has 0 saturated carbocycles. The smallest absolute Gasteiger partial charge is 0.277 e. The molecule has 0 aliphatic carbocycles. The van der Waals surface area contributed by atoms with Crippen LogP contribution in [-0.2, 0) is 11.3 Å². The maximum Gasteiger partial charge on any atom is 0.277 e. The molecule has 1 amide bonds. The molecule has 1 fully saturated rings. The Labute approximate surface area is 176 Å². The second-order valence-electron chi connectivity index (χ2n) is 7.40. The largest absolute Gasteiger partial charge is 0.447 e. The van der Waals surface area contributed by atoms with Crippen LogP contribution in [0.5, 0.6) is 0 Å². The summed E-state index contributed by atoms with van der Waals surface area (Å²) in [6.45, 7) is 6.83. The molecule has 1 atom stereocenters. The second kappa shape index (κ2) is 10.9. The molecule has 8 heteroatoms. The van der Waals surface area contributed by atoms with Gasteiger partial charge < -0.3 is 19.6 Å². The first-order valence-corrected chi connectivity index (χ1v) is 10.00. The van der Waals surface area contributed by atoms with Crippen molar-refractivity contribution in [3.63, 3.8) is 0 Å². The van der Waals surface area contributed by atoms with Gasteiger partial charge in [-0.1, -0.05) is 18.1 Å². The summed E-state index contributed by atoms with van der Waals surface area (Å²) in [6.07, 6.45) is 5.97. The highest BCUT2D eigenvalue weighted by atomic mass is 16.5. The lowest BCUT2D eigenvalue weighted by Gasteiger charge is -2.34. The molecule has 0 bridgehead atoms. The quantitative estimate of drug-likeness (QED) is 0.475. The molecule has 30 heavy (non-hydrogen) atoms. The van der Waals surface area contributed by atoms with Crippen LogP contribution in [0.15, 0.2) is 34.9 Å². The predicted octanol–water partition coefficient (Wildman–Crippen LogP) is 1.36. The van der Waals surface area contributed by atoms with Crippen LogP contribution >= 0.6 is 0 Å². The zero-order valence-electron chi connectivity index (χ0n) is 17.2. The van der Waals surface area contributed by atoms with E-state index in [0.717, 1.165) is 37.4 Å². The summed E-state index contributed by atoms with van der Waals surface area (Å²) in [7, 11) is 0. The molecule has 0 spiro atoms. The molecule has 2 heterocycles. The summed E-state index contributed by atoms with van der Waals surface area (Å²) in [4.78, 5) is 21.1. The molecule has 1 aromatic heterocycles. The van der Waals surface area contributed by atoms with Gasteiger partial charge in [0.15, 0.2) is 5.69 Å². The molecule has 3 rings (SSSR count). The number of terminal acetylenes is 1. The first kappa shape index (κ1) is 22.0. The fourth-order valence-corrected chi connectivity index (χ4v) is 3.33. The number of aromatic nitrogens is 1. The number of nitrogens with one attached hydrogen (secondary N) is 1. The van der Waals surface area contributed by atoms with Gasteiger partial charge in [-0.25, -0.2) is 4.98 Å². The van der Waals surface area contributed by atoms with Crippen molar-refractivity contribution in [1.29, 1.82) is 0 Å². The van der Waals surface area contributed by atoms with E-state index in [2.05, 4.69) is 26.0 Å². The average molecular weight is 412 g/mol. The van der Waals surface area contributed by atoms with E-state index in [1.807, 2.05) is 31.2 Å². The minimum Gasteiger partial charge on any atom is -0.447 e. The number of oxazole rings is 1. The van der Waals surface area contributed by atoms with Crippen molar-refractivity contribution in [3.8, 4) is 12.3 Å². The van der Waals surface area contributed by atoms with E-state index < -0.39 is 6.10 Å². The number of nitrogens with zero attached hydrogens (tertiary/aromatic N) is 3. The minimum atomic E-state index is -0.550. The van der Waals surface area contributed by atoms with Gasteiger partial charge in [0.1, 0.15) is 12.9 Å². The Balaban J connectivity index is 1.42. The van der Waals surface area contributed by atoms with Crippen LogP contribution in [0.25, 0.3) is 0 Å². The van der Waals surface area contributed by atoms with E-state index in [1.54, 1.807) is 0 Å². The van der Waals surface area contributed by atoms with Crippen LogP contribution in [0.4, 0.5) is 5.69 Å². The maximum absolute atomic E-state index is 12.4. The monoisotopic (exact) mass is 412 g/mol. The number of carbonyl (C=O) groups excluding carboxylic acids is 1. The van der Waals surface area contributed by atoms with Crippen LogP contribution in [0.1, 0.15) is 21.9 Å². The van der Waals surface area contributed by atoms with Gasteiger partial charge in [0.25, 0.3) is 5.91 Å². The topological polar surface area (TPSA) is 91.1 Å². The van der Waals surface area contributed by atoms with Crippen LogP contribution in [0, 0.1) is 19.3 Å². The van der Waals surface area contributed by atoms with Gasteiger partial charge in [0, 0.05) is 38.4 Å². The number of amides is 1. The van der Waals surface area contributed by atoms with E-state index in [9.17, 15) is 9.90 Å². The Hall–Kier alpha value is -2.70. The molecule has 2 N–H and O–H groups in total. The van der Waals surface area contributed by atoms with Crippen molar-refractivity contribution in [2.24, 2.45) is 0 Å². The summed E-state index contributed by atoms with van der Waals surface area (Å²) in [5.74, 6) is 2.61. The highest BCUT2D eigenvalue weighted by molar-refractivity contribution is 6.02. The fraction of sp³-hybridized carbons (Fsp3) is 0.455. The Kier molecular flexibility index (Phi) is 7.99. The van der Waals surface area contributed by atoms with Crippen molar-refractivity contribution < 1.29 is 19.1 Å². The molecular formula is C22H28N4O4. The van der Waals surface area contributed by atoms with Gasteiger partial charge >= 0.3 is 0 Å². The van der Waals surface area contributed by atoms with Gasteiger partial charge in [-0.3, -0.25) is 14.6 Å².